The molecule has 0 amide bonds. The predicted molar refractivity (Wildman–Crippen MR) is 87.7 cm³/mol. The zero-order valence-corrected chi connectivity index (χ0v) is 14.3. The topological polar surface area (TPSA) is 31.4 Å². The highest BCUT2D eigenvalue weighted by molar-refractivity contribution is 6.31. The largest absolute Gasteiger partial charge is 0.358 e. The average molecular weight is 299 g/mol. The normalized spacial score (nSPS) is 12.0. The molecule has 0 fully saturated rings. The fourth-order valence-electron chi connectivity index (χ4n) is 1.64. The lowest BCUT2D eigenvalue weighted by Gasteiger charge is -2.23. The Labute approximate surface area is 128 Å². The molecule has 0 aliphatic rings. The molecule has 0 spiro atoms. The molecule has 1 aromatic heterocycles. The van der Waals surface area contributed by atoms with Gasteiger partial charge in [0.05, 0.1) is 5.02 Å². The van der Waals surface area contributed by atoms with Crippen LogP contribution in [0.4, 0.5) is 5.82 Å². The molecule has 0 aromatic carbocycles. The van der Waals surface area contributed by atoms with Gasteiger partial charge in [0, 0.05) is 38.4 Å². The van der Waals surface area contributed by atoms with Crippen molar-refractivity contribution in [3.63, 3.8) is 0 Å². The molecule has 0 saturated carbocycles. The molecule has 0 aliphatic heterocycles. The van der Waals surface area contributed by atoms with Crippen molar-refractivity contribution in [1.29, 1.82) is 0 Å². The molecule has 1 N–H and O–H groups in total. The number of nitrogens with one attached hydrogen (secondary N) is 1. The molecule has 0 bridgehead atoms. The van der Waals surface area contributed by atoms with Crippen molar-refractivity contribution in [2.75, 3.05) is 39.1 Å². The predicted octanol–water partition coefficient (Wildman–Crippen LogP) is 2.62. The Morgan fingerprint density at radius 2 is 1.85 bits per heavy atom. The van der Waals surface area contributed by atoms with E-state index in [-0.39, 0.29) is 5.54 Å². The second-order valence-corrected chi connectivity index (χ2v) is 6.87. The lowest BCUT2D eigenvalue weighted by Crippen LogP contribution is -2.35. The van der Waals surface area contributed by atoms with Gasteiger partial charge in [-0.05, 0) is 46.5 Å². The smallest absolute Gasteiger partial charge is 0.128 e. The zero-order valence-electron chi connectivity index (χ0n) is 13.5. The number of aromatic nitrogens is 1. The quantitative estimate of drug-likeness (QED) is 0.875. The molecule has 20 heavy (non-hydrogen) atoms. The number of likely N-dealkylation sites (N-methyl/N-ethyl adjacent to an activating group) is 2. The first-order valence-corrected chi connectivity index (χ1v) is 7.32. The lowest BCUT2D eigenvalue weighted by atomic mass is 10.1. The molecule has 1 aromatic rings. The summed E-state index contributed by atoms with van der Waals surface area (Å²) >= 11 is 6.23. The summed E-state index contributed by atoms with van der Waals surface area (Å²) in [5, 5.41) is 4.17. The van der Waals surface area contributed by atoms with Gasteiger partial charge in [-0.25, -0.2) is 4.98 Å². The van der Waals surface area contributed by atoms with Crippen molar-refractivity contribution in [2.24, 2.45) is 0 Å². The molecule has 5 heteroatoms. The first-order valence-electron chi connectivity index (χ1n) is 6.94. The van der Waals surface area contributed by atoms with Gasteiger partial charge >= 0.3 is 0 Å². The standard InChI is InChI=1S/C15H27ClN4/c1-15(2,3)18-10-12-9-14(17-11-13(12)16)20(6)8-7-19(4)5/h9,11,18H,7-8,10H2,1-6H3. The van der Waals surface area contributed by atoms with E-state index in [1.807, 2.05) is 0 Å². The molecule has 0 saturated heterocycles. The van der Waals surface area contributed by atoms with Crippen LogP contribution in [-0.2, 0) is 6.54 Å². The van der Waals surface area contributed by atoms with Crippen LogP contribution in [0.25, 0.3) is 0 Å². The third-order valence-corrected chi connectivity index (χ3v) is 3.34. The van der Waals surface area contributed by atoms with Crippen LogP contribution in [0.2, 0.25) is 5.02 Å². The Bertz CT molecular complexity index is 426. The van der Waals surface area contributed by atoms with E-state index < -0.39 is 0 Å². The molecule has 0 aliphatic carbocycles. The van der Waals surface area contributed by atoms with Crippen molar-refractivity contribution < 1.29 is 0 Å². The Hall–Kier alpha value is -0.840. The summed E-state index contributed by atoms with van der Waals surface area (Å²) < 4.78 is 0. The second kappa shape index (κ2) is 7.25. The van der Waals surface area contributed by atoms with Crippen molar-refractivity contribution in [2.45, 2.75) is 32.9 Å². The number of pyridine rings is 1. The molecule has 1 heterocycles. The first-order chi connectivity index (χ1) is 9.19. The van der Waals surface area contributed by atoms with E-state index in [1.54, 1.807) is 6.20 Å². The van der Waals surface area contributed by atoms with Gasteiger partial charge in [0.25, 0.3) is 0 Å². The third kappa shape index (κ3) is 6.07. The van der Waals surface area contributed by atoms with Crippen molar-refractivity contribution in [3.05, 3.63) is 22.8 Å². The fourth-order valence-corrected chi connectivity index (χ4v) is 1.81. The van der Waals surface area contributed by atoms with Crippen LogP contribution in [0.1, 0.15) is 26.3 Å². The van der Waals surface area contributed by atoms with Gasteiger partial charge in [-0.1, -0.05) is 11.6 Å². The minimum absolute atomic E-state index is 0.0730. The summed E-state index contributed by atoms with van der Waals surface area (Å²) in [5.74, 6) is 0.960. The summed E-state index contributed by atoms with van der Waals surface area (Å²) in [7, 11) is 6.20. The Kier molecular flexibility index (Phi) is 6.24. The number of halogens is 1. The van der Waals surface area contributed by atoms with E-state index in [4.69, 9.17) is 11.6 Å². The number of anilines is 1. The highest BCUT2D eigenvalue weighted by Crippen LogP contribution is 2.20. The number of rotatable bonds is 6. The minimum atomic E-state index is 0.0730. The van der Waals surface area contributed by atoms with Gasteiger partial charge in [0.15, 0.2) is 0 Å². The lowest BCUT2D eigenvalue weighted by molar-refractivity contribution is 0.416. The molecule has 0 unspecified atom stereocenters. The first kappa shape index (κ1) is 17.2. The van der Waals surface area contributed by atoms with Gasteiger partial charge in [-0.15, -0.1) is 0 Å². The fraction of sp³-hybridized carbons (Fsp3) is 0.667. The van der Waals surface area contributed by atoms with Crippen LogP contribution in [0.3, 0.4) is 0 Å². The third-order valence-electron chi connectivity index (χ3n) is 3.00. The molecule has 0 atom stereocenters. The van der Waals surface area contributed by atoms with E-state index in [0.717, 1.165) is 31.0 Å². The summed E-state index contributed by atoms with van der Waals surface area (Å²) in [6.45, 7) is 9.12. The maximum absolute atomic E-state index is 6.23. The van der Waals surface area contributed by atoms with Crippen LogP contribution < -0.4 is 10.2 Å². The average Bonchev–Trinajstić information content (AvgIpc) is 2.33. The van der Waals surface area contributed by atoms with Crippen LogP contribution >= 0.6 is 11.6 Å². The molecule has 114 valence electrons. The van der Waals surface area contributed by atoms with Gasteiger partial charge in [-0.3, -0.25) is 0 Å². The van der Waals surface area contributed by atoms with Gasteiger partial charge in [0.1, 0.15) is 5.82 Å². The van der Waals surface area contributed by atoms with E-state index in [9.17, 15) is 0 Å². The monoisotopic (exact) mass is 298 g/mol. The summed E-state index contributed by atoms with van der Waals surface area (Å²) in [5.41, 5.74) is 1.16. The minimum Gasteiger partial charge on any atom is -0.358 e. The molecule has 1 rings (SSSR count). The second-order valence-electron chi connectivity index (χ2n) is 6.46. The number of hydrogen-bond acceptors (Lipinski definition) is 4. The maximum atomic E-state index is 6.23. The SMILES string of the molecule is CN(C)CCN(C)c1cc(CNC(C)(C)C)c(Cl)cn1. The van der Waals surface area contributed by atoms with Crippen molar-refractivity contribution in [3.8, 4) is 0 Å². The Balaban J connectivity index is 2.74. The zero-order chi connectivity index (χ0) is 15.3. The summed E-state index contributed by atoms with van der Waals surface area (Å²) in [4.78, 5) is 8.72. The Morgan fingerprint density at radius 3 is 2.40 bits per heavy atom. The summed E-state index contributed by atoms with van der Waals surface area (Å²) in [6.07, 6.45) is 1.74. The van der Waals surface area contributed by atoms with Gasteiger partial charge in [0.2, 0.25) is 0 Å². The van der Waals surface area contributed by atoms with E-state index >= 15 is 0 Å². The van der Waals surface area contributed by atoms with E-state index in [2.05, 4.69) is 68.1 Å². The van der Waals surface area contributed by atoms with Crippen LogP contribution in [0.15, 0.2) is 12.3 Å². The number of hydrogen-bond donors (Lipinski definition) is 1. The summed E-state index contributed by atoms with van der Waals surface area (Å²) in [6, 6.07) is 2.07. The van der Waals surface area contributed by atoms with E-state index in [0.29, 0.717) is 5.02 Å². The highest BCUT2D eigenvalue weighted by Gasteiger charge is 2.12. The molecular weight excluding hydrogens is 272 g/mol. The number of nitrogens with zero attached hydrogens (tertiary/aromatic N) is 3. The maximum Gasteiger partial charge on any atom is 0.128 e. The highest BCUT2D eigenvalue weighted by atomic mass is 35.5. The van der Waals surface area contributed by atoms with Gasteiger partial charge in [-0.2, -0.15) is 0 Å². The van der Waals surface area contributed by atoms with Crippen molar-refractivity contribution >= 4 is 17.4 Å². The van der Waals surface area contributed by atoms with Crippen molar-refractivity contribution in [1.82, 2.24) is 15.2 Å². The Morgan fingerprint density at radius 1 is 1.20 bits per heavy atom. The van der Waals surface area contributed by atoms with Crippen LogP contribution in [0.5, 0.6) is 0 Å². The molecule has 4 nitrogen and oxygen atoms in total. The molecular formula is C15H27ClN4. The van der Waals surface area contributed by atoms with E-state index in [1.165, 1.54) is 0 Å². The van der Waals surface area contributed by atoms with Crippen LogP contribution in [0, 0.1) is 0 Å². The van der Waals surface area contributed by atoms with Crippen LogP contribution in [-0.4, -0.2) is 49.7 Å². The molecule has 0 radical (unpaired) electrons. The van der Waals surface area contributed by atoms with Gasteiger partial charge < -0.3 is 15.1 Å².